The molecule has 0 atom stereocenters. The molecule has 0 bridgehead atoms. The van der Waals surface area contributed by atoms with Gasteiger partial charge in [0.1, 0.15) is 17.2 Å². The van der Waals surface area contributed by atoms with Crippen LogP contribution in [-0.4, -0.2) is 33.3 Å². The van der Waals surface area contributed by atoms with Crippen molar-refractivity contribution in [3.05, 3.63) is 89.5 Å². The van der Waals surface area contributed by atoms with E-state index in [9.17, 15) is 20.1 Å². The maximum Gasteiger partial charge on any atom is 0.271 e. The third-order valence-electron chi connectivity index (χ3n) is 4.26. The van der Waals surface area contributed by atoms with Gasteiger partial charge < -0.3 is 15.3 Å². The van der Waals surface area contributed by atoms with Gasteiger partial charge in [0, 0.05) is 18.2 Å². The molecule has 0 unspecified atom stereocenters. The molecule has 6 heteroatoms. The monoisotopic (exact) mass is 364 g/mol. The Bertz CT molecular complexity index is 913. The highest BCUT2D eigenvalue weighted by Gasteiger charge is 2.24. The topological polar surface area (TPSA) is 93.0 Å². The molecule has 27 heavy (non-hydrogen) atoms. The molecule has 0 aliphatic heterocycles. The molecule has 4 N–H and O–H groups in total. The van der Waals surface area contributed by atoms with E-state index >= 15 is 0 Å². The fourth-order valence-corrected chi connectivity index (χ4v) is 2.86. The molecule has 0 saturated heterocycles. The van der Waals surface area contributed by atoms with Crippen LogP contribution < -0.4 is 5.43 Å². The van der Waals surface area contributed by atoms with E-state index in [0.717, 1.165) is 0 Å². The summed E-state index contributed by atoms with van der Waals surface area (Å²) in [5.41, 5.74) is 4.14. The van der Waals surface area contributed by atoms with Crippen molar-refractivity contribution in [2.45, 2.75) is 6.04 Å². The fourth-order valence-electron chi connectivity index (χ4n) is 2.86. The number of phenolic OH excluding ortho intramolecular Hbond substituents is 3. The molecule has 0 fully saturated rings. The second-order valence-corrected chi connectivity index (χ2v) is 6.06. The summed E-state index contributed by atoms with van der Waals surface area (Å²) in [6, 6.07) is 18.9. The van der Waals surface area contributed by atoms with Crippen molar-refractivity contribution in [2.75, 3.05) is 7.05 Å². The minimum absolute atomic E-state index is 0.0293. The highest BCUT2D eigenvalue weighted by Crippen LogP contribution is 2.34. The zero-order valence-electron chi connectivity index (χ0n) is 14.7. The molecule has 3 aromatic carbocycles. The quantitative estimate of drug-likeness (QED) is 0.522. The Labute approximate surface area is 156 Å². The molecule has 0 saturated carbocycles. The van der Waals surface area contributed by atoms with Crippen molar-refractivity contribution in [2.24, 2.45) is 0 Å². The van der Waals surface area contributed by atoms with Gasteiger partial charge in [-0.2, -0.15) is 0 Å². The van der Waals surface area contributed by atoms with Gasteiger partial charge in [0.05, 0.1) is 11.6 Å². The second kappa shape index (κ2) is 7.80. The lowest BCUT2D eigenvalue weighted by molar-refractivity contribution is 0.0691. The first-order valence-corrected chi connectivity index (χ1v) is 8.37. The highest BCUT2D eigenvalue weighted by atomic mass is 16.3. The van der Waals surface area contributed by atoms with Crippen LogP contribution in [0.2, 0.25) is 0 Å². The second-order valence-electron chi connectivity index (χ2n) is 6.06. The number of nitrogens with one attached hydrogen (secondary N) is 1. The number of amides is 1. The van der Waals surface area contributed by atoms with Crippen LogP contribution in [0.3, 0.4) is 0 Å². The van der Waals surface area contributed by atoms with Crippen molar-refractivity contribution in [1.82, 2.24) is 10.4 Å². The SMILES string of the molecule is CN(NC(c1ccccc1O)c1ccccc1O)C(=O)c1ccccc1O. The van der Waals surface area contributed by atoms with E-state index in [-0.39, 0.29) is 22.8 Å². The smallest absolute Gasteiger partial charge is 0.271 e. The number of nitrogens with zero attached hydrogens (tertiary/aromatic N) is 1. The summed E-state index contributed by atoms with van der Waals surface area (Å²) in [5.74, 6) is -0.523. The Morgan fingerprint density at radius 1 is 0.778 bits per heavy atom. The minimum Gasteiger partial charge on any atom is -0.508 e. The van der Waals surface area contributed by atoms with Crippen molar-refractivity contribution in [3.8, 4) is 17.2 Å². The number of benzene rings is 3. The van der Waals surface area contributed by atoms with Gasteiger partial charge in [-0.3, -0.25) is 9.80 Å². The summed E-state index contributed by atoms with van der Waals surface area (Å²) in [5, 5.41) is 31.7. The highest BCUT2D eigenvalue weighted by molar-refractivity contribution is 5.96. The minimum atomic E-state index is -0.688. The van der Waals surface area contributed by atoms with Crippen LogP contribution in [0.4, 0.5) is 0 Å². The summed E-state index contributed by atoms with van der Waals surface area (Å²) < 4.78 is 0. The van der Waals surface area contributed by atoms with Crippen LogP contribution in [-0.2, 0) is 0 Å². The van der Waals surface area contributed by atoms with Crippen LogP contribution in [0.1, 0.15) is 27.5 Å². The van der Waals surface area contributed by atoms with Crippen LogP contribution in [0.15, 0.2) is 72.8 Å². The number of hydrogen-bond donors (Lipinski definition) is 4. The molecule has 3 rings (SSSR count). The molecule has 1 amide bonds. The number of aromatic hydroxyl groups is 3. The number of hydrazine groups is 1. The number of carbonyl (C=O) groups excluding carboxylic acids is 1. The summed E-state index contributed by atoms with van der Waals surface area (Å²) in [4.78, 5) is 12.7. The summed E-state index contributed by atoms with van der Waals surface area (Å²) in [7, 11) is 1.52. The van der Waals surface area contributed by atoms with Crippen LogP contribution in [0.25, 0.3) is 0 Å². The molecule has 0 aliphatic rings. The lowest BCUT2D eigenvalue weighted by atomic mass is 9.97. The van der Waals surface area contributed by atoms with Gasteiger partial charge in [-0.25, -0.2) is 5.43 Å². The Morgan fingerprint density at radius 3 is 1.70 bits per heavy atom. The average molecular weight is 364 g/mol. The van der Waals surface area contributed by atoms with E-state index < -0.39 is 11.9 Å². The van der Waals surface area contributed by atoms with Gasteiger partial charge >= 0.3 is 0 Å². The Morgan fingerprint density at radius 2 is 1.22 bits per heavy atom. The lowest BCUT2D eigenvalue weighted by Gasteiger charge is -2.27. The van der Waals surface area contributed by atoms with E-state index in [1.807, 2.05) is 0 Å². The van der Waals surface area contributed by atoms with Crippen molar-refractivity contribution in [1.29, 1.82) is 0 Å². The summed E-state index contributed by atoms with van der Waals surface area (Å²) in [6.07, 6.45) is 0. The summed E-state index contributed by atoms with van der Waals surface area (Å²) in [6.45, 7) is 0. The zero-order chi connectivity index (χ0) is 19.4. The molecule has 6 nitrogen and oxygen atoms in total. The molecular formula is C21H20N2O4. The Balaban J connectivity index is 1.97. The first-order valence-electron chi connectivity index (χ1n) is 8.37. The third-order valence-corrected chi connectivity index (χ3v) is 4.26. The van der Waals surface area contributed by atoms with E-state index in [1.165, 1.54) is 36.3 Å². The van der Waals surface area contributed by atoms with Gasteiger partial charge in [0.2, 0.25) is 0 Å². The maximum atomic E-state index is 12.7. The number of carbonyl (C=O) groups is 1. The number of hydrogen-bond acceptors (Lipinski definition) is 5. The lowest BCUT2D eigenvalue weighted by Crippen LogP contribution is -2.42. The van der Waals surface area contributed by atoms with Crippen LogP contribution in [0.5, 0.6) is 17.2 Å². The maximum absolute atomic E-state index is 12.7. The molecule has 0 spiro atoms. The van der Waals surface area contributed by atoms with Gasteiger partial charge in [0.25, 0.3) is 5.91 Å². The molecular weight excluding hydrogens is 344 g/mol. The van der Waals surface area contributed by atoms with E-state index in [1.54, 1.807) is 48.5 Å². The zero-order valence-corrected chi connectivity index (χ0v) is 14.7. The number of para-hydroxylation sites is 3. The fraction of sp³-hybridized carbons (Fsp3) is 0.0952. The third kappa shape index (κ3) is 3.86. The predicted molar refractivity (Wildman–Crippen MR) is 101 cm³/mol. The number of rotatable bonds is 5. The Hall–Kier alpha value is -3.51. The normalized spacial score (nSPS) is 10.7. The standard InChI is InChI=1S/C21H20N2O4/c1-23(21(27)16-10-4-7-13-19(16)26)22-20(14-8-2-5-11-17(14)24)15-9-3-6-12-18(15)25/h2-13,20,22,24-26H,1H3. The van der Waals surface area contributed by atoms with Crippen molar-refractivity contribution >= 4 is 5.91 Å². The van der Waals surface area contributed by atoms with E-state index in [0.29, 0.717) is 11.1 Å². The molecule has 0 radical (unpaired) electrons. The summed E-state index contributed by atoms with van der Waals surface area (Å²) >= 11 is 0. The molecule has 0 aliphatic carbocycles. The number of phenols is 3. The van der Waals surface area contributed by atoms with Crippen molar-refractivity contribution in [3.63, 3.8) is 0 Å². The van der Waals surface area contributed by atoms with Gasteiger partial charge in [0.15, 0.2) is 0 Å². The molecule has 138 valence electrons. The predicted octanol–water partition coefficient (Wildman–Crippen LogP) is 3.17. The molecule has 0 heterocycles. The first kappa shape index (κ1) is 18.3. The molecule has 3 aromatic rings. The van der Waals surface area contributed by atoms with Crippen LogP contribution >= 0.6 is 0 Å². The molecule has 0 aromatic heterocycles. The van der Waals surface area contributed by atoms with Gasteiger partial charge in [-0.05, 0) is 24.3 Å². The average Bonchev–Trinajstić information content (AvgIpc) is 2.67. The first-order chi connectivity index (χ1) is 13.0. The van der Waals surface area contributed by atoms with Crippen LogP contribution in [0, 0.1) is 0 Å². The van der Waals surface area contributed by atoms with Crippen molar-refractivity contribution < 1.29 is 20.1 Å². The van der Waals surface area contributed by atoms with E-state index in [2.05, 4.69) is 5.43 Å². The Kier molecular flexibility index (Phi) is 5.28. The van der Waals surface area contributed by atoms with E-state index in [4.69, 9.17) is 0 Å². The largest absolute Gasteiger partial charge is 0.508 e. The van der Waals surface area contributed by atoms with Gasteiger partial charge in [-0.15, -0.1) is 0 Å². The van der Waals surface area contributed by atoms with Gasteiger partial charge in [-0.1, -0.05) is 48.5 Å².